The van der Waals surface area contributed by atoms with Gasteiger partial charge >= 0.3 is 12.0 Å². The van der Waals surface area contributed by atoms with Gasteiger partial charge in [0, 0.05) is 33.2 Å². The zero-order valence-electron chi connectivity index (χ0n) is 9.56. The van der Waals surface area contributed by atoms with E-state index in [4.69, 9.17) is 10.2 Å². The molecule has 7 nitrogen and oxygen atoms in total. The lowest BCUT2D eigenvalue weighted by Crippen LogP contribution is -2.48. The molecule has 0 heterocycles. The Kier molecular flexibility index (Phi) is 7.23. The number of carboxylic acids is 1. The maximum atomic E-state index is 11.5. The highest BCUT2D eigenvalue weighted by Gasteiger charge is 2.20. The Morgan fingerprint density at radius 1 is 1.44 bits per heavy atom. The topological polar surface area (TPSA) is 102 Å². The molecule has 0 bridgehead atoms. The SMILES string of the molecule is CNCCN(C)C(=O)N[C@H](CCO)C(=O)O. The number of carbonyl (C=O) groups excluding carboxylic acids is 1. The van der Waals surface area contributed by atoms with Crippen molar-refractivity contribution in [1.82, 2.24) is 15.5 Å². The molecule has 0 aromatic heterocycles. The summed E-state index contributed by atoms with van der Waals surface area (Å²) in [5.41, 5.74) is 0. The highest BCUT2D eigenvalue weighted by atomic mass is 16.4. The molecule has 0 aromatic rings. The third-order valence-corrected chi connectivity index (χ3v) is 2.06. The smallest absolute Gasteiger partial charge is 0.326 e. The average Bonchev–Trinajstić information content (AvgIpc) is 2.24. The van der Waals surface area contributed by atoms with Crippen molar-refractivity contribution < 1.29 is 19.8 Å². The molecule has 0 aromatic carbocycles. The predicted octanol–water partition coefficient (Wildman–Crippen LogP) is -1.32. The molecule has 0 saturated heterocycles. The summed E-state index contributed by atoms with van der Waals surface area (Å²) in [6.45, 7) is 0.826. The monoisotopic (exact) mass is 233 g/mol. The van der Waals surface area contributed by atoms with Crippen LogP contribution in [0, 0.1) is 0 Å². The fourth-order valence-electron chi connectivity index (χ4n) is 1.03. The van der Waals surface area contributed by atoms with Crippen LogP contribution in [0.25, 0.3) is 0 Å². The minimum absolute atomic E-state index is 0.000934. The summed E-state index contributed by atoms with van der Waals surface area (Å²) < 4.78 is 0. The van der Waals surface area contributed by atoms with Crippen molar-refractivity contribution in [2.75, 3.05) is 33.8 Å². The molecule has 0 aliphatic heterocycles. The minimum atomic E-state index is -1.15. The van der Waals surface area contributed by atoms with E-state index >= 15 is 0 Å². The van der Waals surface area contributed by atoms with Crippen LogP contribution < -0.4 is 10.6 Å². The number of urea groups is 1. The van der Waals surface area contributed by atoms with Gasteiger partial charge in [-0.25, -0.2) is 9.59 Å². The van der Waals surface area contributed by atoms with Crippen molar-refractivity contribution in [3.05, 3.63) is 0 Å². The highest BCUT2D eigenvalue weighted by Crippen LogP contribution is 1.93. The second kappa shape index (κ2) is 7.89. The molecule has 0 unspecified atom stereocenters. The van der Waals surface area contributed by atoms with Gasteiger partial charge in [0.25, 0.3) is 0 Å². The van der Waals surface area contributed by atoms with Crippen LogP contribution >= 0.6 is 0 Å². The molecule has 0 radical (unpaired) electrons. The number of aliphatic hydroxyl groups is 1. The third kappa shape index (κ3) is 5.52. The number of carbonyl (C=O) groups is 2. The minimum Gasteiger partial charge on any atom is -0.480 e. The van der Waals surface area contributed by atoms with Crippen molar-refractivity contribution in [2.45, 2.75) is 12.5 Å². The van der Waals surface area contributed by atoms with E-state index in [2.05, 4.69) is 10.6 Å². The molecule has 0 aliphatic carbocycles. The lowest BCUT2D eigenvalue weighted by atomic mass is 10.2. The molecule has 2 amide bonds. The largest absolute Gasteiger partial charge is 0.480 e. The van der Waals surface area contributed by atoms with Crippen molar-refractivity contribution in [2.24, 2.45) is 0 Å². The van der Waals surface area contributed by atoms with E-state index in [-0.39, 0.29) is 13.0 Å². The number of likely N-dealkylation sites (N-methyl/N-ethyl adjacent to an activating group) is 2. The van der Waals surface area contributed by atoms with Gasteiger partial charge in [0.2, 0.25) is 0 Å². The lowest BCUT2D eigenvalue weighted by Gasteiger charge is -2.20. The van der Waals surface area contributed by atoms with Crippen LogP contribution in [-0.2, 0) is 4.79 Å². The molecule has 7 heteroatoms. The van der Waals surface area contributed by atoms with E-state index in [0.29, 0.717) is 13.1 Å². The fourth-order valence-corrected chi connectivity index (χ4v) is 1.03. The van der Waals surface area contributed by atoms with E-state index < -0.39 is 18.0 Å². The van der Waals surface area contributed by atoms with Gasteiger partial charge in [0.05, 0.1) is 0 Å². The number of carboxylic acid groups (broad SMARTS) is 1. The first-order valence-electron chi connectivity index (χ1n) is 5.02. The first kappa shape index (κ1) is 14.7. The second-order valence-corrected chi connectivity index (χ2v) is 3.38. The first-order chi connectivity index (χ1) is 7.52. The van der Waals surface area contributed by atoms with Crippen LogP contribution in [0.1, 0.15) is 6.42 Å². The molecule has 0 saturated carbocycles. The molecule has 0 spiro atoms. The predicted molar refractivity (Wildman–Crippen MR) is 58.2 cm³/mol. The summed E-state index contributed by atoms with van der Waals surface area (Å²) in [5.74, 6) is -1.15. The molecule has 0 aliphatic rings. The van der Waals surface area contributed by atoms with E-state index in [1.165, 1.54) is 4.90 Å². The van der Waals surface area contributed by atoms with Crippen LogP contribution in [-0.4, -0.2) is 66.9 Å². The zero-order valence-corrected chi connectivity index (χ0v) is 9.56. The zero-order chi connectivity index (χ0) is 12.6. The van der Waals surface area contributed by atoms with Crippen LogP contribution in [0.5, 0.6) is 0 Å². The molecular formula is C9H19N3O4. The number of amides is 2. The number of nitrogens with one attached hydrogen (secondary N) is 2. The third-order valence-electron chi connectivity index (χ3n) is 2.06. The van der Waals surface area contributed by atoms with Gasteiger partial charge in [-0.1, -0.05) is 0 Å². The number of nitrogens with zero attached hydrogens (tertiary/aromatic N) is 1. The van der Waals surface area contributed by atoms with E-state index in [0.717, 1.165) is 0 Å². The normalized spacial score (nSPS) is 11.9. The Hall–Kier alpha value is -1.34. The van der Waals surface area contributed by atoms with Gasteiger partial charge in [-0.3, -0.25) is 0 Å². The Balaban J connectivity index is 4.12. The van der Waals surface area contributed by atoms with Crippen molar-refractivity contribution in [3.63, 3.8) is 0 Å². The van der Waals surface area contributed by atoms with Crippen molar-refractivity contribution >= 4 is 12.0 Å². The van der Waals surface area contributed by atoms with Gasteiger partial charge in [-0.2, -0.15) is 0 Å². The number of aliphatic carboxylic acids is 1. The van der Waals surface area contributed by atoms with Gasteiger partial charge < -0.3 is 25.7 Å². The number of hydrogen-bond donors (Lipinski definition) is 4. The fraction of sp³-hybridized carbons (Fsp3) is 0.778. The molecule has 0 fully saturated rings. The Labute approximate surface area is 94.4 Å². The lowest BCUT2D eigenvalue weighted by molar-refractivity contribution is -0.139. The summed E-state index contributed by atoms with van der Waals surface area (Å²) in [7, 11) is 3.34. The number of rotatable bonds is 7. The van der Waals surface area contributed by atoms with Gasteiger partial charge in [0.1, 0.15) is 6.04 Å². The van der Waals surface area contributed by atoms with Crippen LogP contribution in [0.4, 0.5) is 4.79 Å². The van der Waals surface area contributed by atoms with Crippen molar-refractivity contribution in [1.29, 1.82) is 0 Å². The summed E-state index contributed by atoms with van der Waals surface area (Å²) in [4.78, 5) is 23.6. The molecule has 1 atom stereocenters. The standard InChI is InChI=1S/C9H19N3O4/c1-10-4-5-12(2)9(16)11-7(3-6-13)8(14)15/h7,10,13H,3-6H2,1-2H3,(H,11,16)(H,14,15)/t7-/m1/s1. The highest BCUT2D eigenvalue weighted by molar-refractivity contribution is 5.82. The Morgan fingerprint density at radius 2 is 2.06 bits per heavy atom. The van der Waals surface area contributed by atoms with Crippen LogP contribution in [0.15, 0.2) is 0 Å². The summed E-state index contributed by atoms with van der Waals surface area (Å²) in [5, 5.41) is 22.6. The molecule has 0 rings (SSSR count). The quantitative estimate of drug-likeness (QED) is 0.437. The molecular weight excluding hydrogens is 214 g/mol. The molecule has 16 heavy (non-hydrogen) atoms. The maximum absolute atomic E-state index is 11.5. The summed E-state index contributed by atoms with van der Waals surface area (Å²) >= 11 is 0. The number of hydrogen-bond acceptors (Lipinski definition) is 4. The summed E-state index contributed by atoms with van der Waals surface area (Å²) in [6.07, 6.45) is 0.000934. The molecule has 4 N–H and O–H groups in total. The van der Waals surface area contributed by atoms with Crippen LogP contribution in [0.2, 0.25) is 0 Å². The maximum Gasteiger partial charge on any atom is 0.326 e. The second-order valence-electron chi connectivity index (χ2n) is 3.38. The number of aliphatic hydroxyl groups excluding tert-OH is 1. The average molecular weight is 233 g/mol. The summed E-state index contributed by atoms with van der Waals surface area (Å²) in [6, 6.07) is -1.51. The first-order valence-corrected chi connectivity index (χ1v) is 5.02. The van der Waals surface area contributed by atoms with Gasteiger partial charge in [-0.05, 0) is 7.05 Å². The van der Waals surface area contributed by atoms with E-state index in [9.17, 15) is 9.59 Å². The van der Waals surface area contributed by atoms with E-state index in [1.807, 2.05) is 0 Å². The van der Waals surface area contributed by atoms with Crippen LogP contribution in [0.3, 0.4) is 0 Å². The Morgan fingerprint density at radius 3 is 2.50 bits per heavy atom. The van der Waals surface area contributed by atoms with Crippen molar-refractivity contribution in [3.8, 4) is 0 Å². The van der Waals surface area contributed by atoms with Gasteiger partial charge in [-0.15, -0.1) is 0 Å². The van der Waals surface area contributed by atoms with E-state index in [1.54, 1.807) is 14.1 Å². The van der Waals surface area contributed by atoms with Gasteiger partial charge in [0.15, 0.2) is 0 Å². The molecule has 94 valence electrons. The Bertz CT molecular complexity index is 235.